The van der Waals surface area contributed by atoms with Gasteiger partial charge in [-0.3, -0.25) is 4.79 Å². The van der Waals surface area contributed by atoms with Crippen molar-refractivity contribution in [1.29, 1.82) is 0 Å². The maximum Gasteiger partial charge on any atom is 0.255 e. The predicted molar refractivity (Wildman–Crippen MR) is 128 cm³/mol. The second kappa shape index (κ2) is 13.0. The largest absolute Gasteiger partial charge is 0.546 e. The number of hydrogen-bond donors (Lipinski definition) is 2. The summed E-state index contributed by atoms with van der Waals surface area (Å²) in [4.78, 5) is 23.2. The normalized spacial score (nSPS) is 10.1. The highest BCUT2D eigenvalue weighted by molar-refractivity contribution is 6.05. The van der Waals surface area contributed by atoms with Gasteiger partial charge in [0.25, 0.3) is 5.91 Å². The van der Waals surface area contributed by atoms with Gasteiger partial charge in [-0.15, -0.1) is 12.4 Å². The number of carbonyl (C=O) groups is 2. The molecular formula is C25H26ClN2O5-. The summed E-state index contributed by atoms with van der Waals surface area (Å²) in [5, 5.41) is 13.3. The molecule has 0 heterocycles. The van der Waals surface area contributed by atoms with Gasteiger partial charge in [-0.2, -0.15) is 0 Å². The van der Waals surface area contributed by atoms with Crippen LogP contribution in [0, 0.1) is 0 Å². The van der Waals surface area contributed by atoms with Crippen LogP contribution in [0.15, 0.2) is 72.8 Å². The zero-order valence-corrected chi connectivity index (χ0v) is 18.8. The predicted octanol–water partition coefficient (Wildman–Crippen LogP) is 3.47. The molecule has 0 saturated carbocycles. The van der Waals surface area contributed by atoms with E-state index >= 15 is 0 Å². The number of nitrogen functional groups attached to an aromatic ring is 1. The fourth-order valence-electron chi connectivity index (χ4n) is 3.07. The van der Waals surface area contributed by atoms with Crippen LogP contribution in [0.2, 0.25) is 0 Å². The Bertz CT molecular complexity index is 1040. The molecule has 0 spiro atoms. The van der Waals surface area contributed by atoms with Gasteiger partial charge in [0.2, 0.25) is 0 Å². The van der Waals surface area contributed by atoms with E-state index in [0.717, 1.165) is 19.3 Å². The molecule has 0 aliphatic heterocycles. The molecule has 0 unspecified atom stereocenters. The molecule has 174 valence electrons. The molecule has 1 amide bonds. The first kappa shape index (κ1) is 25.5. The zero-order chi connectivity index (χ0) is 22.8. The number of anilines is 2. The molecule has 0 atom stereocenters. The SMILES string of the molecule is Cl.Nc1ccc(OCC(=O)[O-])c(NC(=O)c2ccc(OCCCCc3ccccc3)cc2)c1. The van der Waals surface area contributed by atoms with E-state index in [1.807, 2.05) is 18.2 Å². The number of amides is 1. The van der Waals surface area contributed by atoms with Crippen LogP contribution < -0.4 is 25.6 Å². The van der Waals surface area contributed by atoms with Gasteiger partial charge in [-0.25, -0.2) is 0 Å². The number of aliphatic carboxylic acids is 1. The van der Waals surface area contributed by atoms with Crippen molar-refractivity contribution < 1.29 is 24.2 Å². The molecule has 3 rings (SSSR count). The Morgan fingerprint density at radius 3 is 2.33 bits per heavy atom. The highest BCUT2D eigenvalue weighted by atomic mass is 35.5. The lowest BCUT2D eigenvalue weighted by Crippen LogP contribution is -2.29. The highest BCUT2D eigenvalue weighted by Crippen LogP contribution is 2.27. The highest BCUT2D eigenvalue weighted by Gasteiger charge is 2.11. The van der Waals surface area contributed by atoms with Gasteiger partial charge < -0.3 is 30.4 Å². The average Bonchev–Trinajstić information content (AvgIpc) is 2.79. The van der Waals surface area contributed by atoms with Crippen molar-refractivity contribution in [1.82, 2.24) is 0 Å². The minimum absolute atomic E-state index is 0. The van der Waals surface area contributed by atoms with Gasteiger partial charge in [0.1, 0.15) is 18.1 Å². The van der Waals surface area contributed by atoms with Crippen molar-refractivity contribution in [2.75, 3.05) is 24.3 Å². The van der Waals surface area contributed by atoms with Crippen molar-refractivity contribution in [2.45, 2.75) is 19.3 Å². The van der Waals surface area contributed by atoms with Crippen molar-refractivity contribution in [3.63, 3.8) is 0 Å². The molecule has 0 radical (unpaired) electrons. The van der Waals surface area contributed by atoms with Crippen LogP contribution in [-0.4, -0.2) is 25.1 Å². The first-order valence-corrected chi connectivity index (χ1v) is 10.3. The number of carboxylic acids is 1. The first-order chi connectivity index (χ1) is 15.5. The van der Waals surface area contributed by atoms with E-state index in [4.69, 9.17) is 15.2 Å². The molecule has 0 saturated heterocycles. The molecule has 0 bridgehead atoms. The molecule has 8 heteroatoms. The number of benzene rings is 3. The second-order valence-electron chi connectivity index (χ2n) is 7.19. The number of carbonyl (C=O) groups excluding carboxylic acids is 2. The molecule has 0 fully saturated rings. The van der Waals surface area contributed by atoms with Gasteiger partial charge in [-0.1, -0.05) is 30.3 Å². The van der Waals surface area contributed by atoms with Gasteiger partial charge >= 0.3 is 0 Å². The van der Waals surface area contributed by atoms with Crippen LogP contribution in [-0.2, 0) is 11.2 Å². The number of hydrogen-bond acceptors (Lipinski definition) is 6. The molecule has 0 aliphatic rings. The van der Waals surface area contributed by atoms with Crippen LogP contribution in [0.25, 0.3) is 0 Å². The summed E-state index contributed by atoms with van der Waals surface area (Å²) in [7, 11) is 0. The second-order valence-corrected chi connectivity index (χ2v) is 7.19. The Morgan fingerprint density at radius 2 is 1.64 bits per heavy atom. The van der Waals surface area contributed by atoms with E-state index in [1.54, 1.807) is 30.3 Å². The number of nitrogens with one attached hydrogen (secondary N) is 1. The van der Waals surface area contributed by atoms with Crippen molar-refractivity contribution >= 4 is 35.7 Å². The summed E-state index contributed by atoms with van der Waals surface area (Å²) in [6, 6.07) is 21.6. The molecular weight excluding hydrogens is 444 g/mol. The quantitative estimate of drug-likeness (QED) is 0.328. The minimum Gasteiger partial charge on any atom is -0.546 e. The summed E-state index contributed by atoms with van der Waals surface area (Å²) < 4.78 is 10.9. The minimum atomic E-state index is -1.37. The Labute approximate surface area is 198 Å². The molecule has 33 heavy (non-hydrogen) atoms. The van der Waals surface area contributed by atoms with E-state index in [-0.39, 0.29) is 29.8 Å². The van der Waals surface area contributed by atoms with E-state index in [2.05, 4.69) is 17.4 Å². The van der Waals surface area contributed by atoms with Crippen LogP contribution in [0.5, 0.6) is 11.5 Å². The maximum atomic E-state index is 12.6. The lowest BCUT2D eigenvalue weighted by atomic mass is 10.1. The van der Waals surface area contributed by atoms with Crippen LogP contribution in [0.1, 0.15) is 28.8 Å². The monoisotopic (exact) mass is 469 g/mol. The number of halogens is 1. The molecule has 3 aromatic carbocycles. The van der Waals surface area contributed by atoms with Crippen molar-refractivity contribution in [2.24, 2.45) is 0 Å². The number of carboxylic acid groups (broad SMARTS) is 1. The lowest BCUT2D eigenvalue weighted by Gasteiger charge is -2.14. The maximum absolute atomic E-state index is 12.6. The molecule has 0 aromatic heterocycles. The molecule has 3 aromatic rings. The fraction of sp³-hybridized carbons (Fsp3) is 0.200. The smallest absolute Gasteiger partial charge is 0.255 e. The van der Waals surface area contributed by atoms with E-state index in [9.17, 15) is 14.7 Å². The van der Waals surface area contributed by atoms with Gasteiger partial charge in [0.05, 0.1) is 18.3 Å². The number of unbranched alkanes of at least 4 members (excludes halogenated alkanes) is 1. The van der Waals surface area contributed by atoms with Crippen LogP contribution >= 0.6 is 12.4 Å². The summed E-state index contributed by atoms with van der Waals surface area (Å²) in [5.74, 6) is -0.881. The Hall–Kier alpha value is -3.71. The number of ether oxygens (including phenoxy) is 2. The molecule has 7 nitrogen and oxygen atoms in total. The lowest BCUT2D eigenvalue weighted by molar-refractivity contribution is -0.307. The van der Waals surface area contributed by atoms with Crippen molar-refractivity contribution in [3.05, 3.63) is 83.9 Å². The van der Waals surface area contributed by atoms with E-state index < -0.39 is 12.6 Å². The number of rotatable bonds is 11. The third kappa shape index (κ3) is 8.38. The third-order valence-corrected chi connectivity index (χ3v) is 4.69. The topological polar surface area (TPSA) is 114 Å². The zero-order valence-electron chi connectivity index (χ0n) is 18.0. The van der Waals surface area contributed by atoms with E-state index in [0.29, 0.717) is 23.6 Å². The van der Waals surface area contributed by atoms with Crippen LogP contribution in [0.3, 0.4) is 0 Å². The summed E-state index contributed by atoms with van der Waals surface area (Å²) in [6.45, 7) is -0.0367. The average molecular weight is 470 g/mol. The van der Waals surface area contributed by atoms with E-state index in [1.165, 1.54) is 17.7 Å². The number of nitrogens with two attached hydrogens (primary N) is 1. The van der Waals surface area contributed by atoms with Gasteiger partial charge in [-0.05, 0) is 67.3 Å². The molecule has 3 N–H and O–H groups in total. The van der Waals surface area contributed by atoms with Crippen molar-refractivity contribution in [3.8, 4) is 11.5 Å². The van der Waals surface area contributed by atoms with Gasteiger partial charge in [0.15, 0.2) is 0 Å². The van der Waals surface area contributed by atoms with Gasteiger partial charge in [0, 0.05) is 11.3 Å². The molecule has 0 aliphatic carbocycles. The Kier molecular flexibility index (Phi) is 10.0. The Morgan fingerprint density at radius 1 is 0.909 bits per heavy atom. The Balaban J connectivity index is 0.00000385. The summed E-state index contributed by atoms with van der Waals surface area (Å²) >= 11 is 0. The van der Waals surface area contributed by atoms with Crippen LogP contribution in [0.4, 0.5) is 11.4 Å². The summed E-state index contributed by atoms with van der Waals surface area (Å²) in [6.07, 6.45) is 2.98. The summed E-state index contributed by atoms with van der Waals surface area (Å²) in [5.41, 5.74) is 8.17. The third-order valence-electron chi connectivity index (χ3n) is 4.69. The first-order valence-electron chi connectivity index (χ1n) is 10.3. The standard InChI is InChI=1S/C25H26N2O5.ClH/c26-20-11-14-23(32-17-24(28)29)22(16-20)27-25(30)19-9-12-21(13-10-19)31-15-5-4-8-18-6-2-1-3-7-18;/h1-3,6-7,9-14,16H,4-5,8,15,17,26H2,(H,27,30)(H,28,29);1H/p-1. The fourth-order valence-corrected chi connectivity index (χ4v) is 3.07. The number of aryl methyl sites for hydroxylation is 1.